The number of piperidine rings is 1. The summed E-state index contributed by atoms with van der Waals surface area (Å²) in [4.78, 5) is 26.5. The van der Waals surface area contributed by atoms with E-state index >= 15 is 0 Å². The number of nitrogens with one attached hydrogen (secondary N) is 1. The van der Waals surface area contributed by atoms with Crippen LogP contribution in [0.4, 0.5) is 4.79 Å². The van der Waals surface area contributed by atoms with Gasteiger partial charge in [-0.1, -0.05) is 6.07 Å². The minimum absolute atomic E-state index is 0.0761. The molecule has 0 radical (unpaired) electrons. The minimum Gasteiger partial charge on any atom is -0.444 e. The molecule has 2 rings (SSSR count). The lowest BCUT2D eigenvalue weighted by molar-refractivity contribution is 0.0474. The number of nitrogens with zero attached hydrogens (tertiary/aromatic N) is 1. The molecule has 0 aromatic carbocycles. The van der Waals surface area contributed by atoms with Gasteiger partial charge in [0.2, 0.25) is 0 Å². The Morgan fingerprint density at radius 2 is 2.00 bits per heavy atom. The largest absolute Gasteiger partial charge is 0.444 e. The second kappa shape index (κ2) is 6.47. The third-order valence-electron chi connectivity index (χ3n) is 3.23. The highest BCUT2D eigenvalue weighted by atomic mass is 32.1. The zero-order valence-electron chi connectivity index (χ0n) is 12.7. The number of carbonyl (C=O) groups excluding carboxylic acids is 2. The fourth-order valence-electron chi connectivity index (χ4n) is 2.26. The van der Waals surface area contributed by atoms with Gasteiger partial charge >= 0.3 is 6.09 Å². The predicted molar refractivity (Wildman–Crippen MR) is 82.6 cm³/mol. The van der Waals surface area contributed by atoms with Gasteiger partial charge in [-0.25, -0.2) is 4.79 Å². The molecule has 1 aromatic heterocycles. The maximum Gasteiger partial charge on any atom is 0.407 e. The molecule has 116 valence electrons. The van der Waals surface area contributed by atoms with Crippen LogP contribution in [-0.4, -0.2) is 41.6 Å². The SMILES string of the molecule is CC(C)(C)OC(=O)NC1CCN(C(=O)c2cccs2)CC1. The molecule has 21 heavy (non-hydrogen) atoms. The first-order valence-electron chi connectivity index (χ1n) is 7.17. The molecule has 0 unspecified atom stereocenters. The summed E-state index contributed by atoms with van der Waals surface area (Å²) < 4.78 is 5.24. The van der Waals surface area contributed by atoms with Crippen molar-refractivity contribution >= 4 is 23.3 Å². The molecule has 0 bridgehead atoms. The van der Waals surface area contributed by atoms with Crippen LogP contribution in [0.15, 0.2) is 17.5 Å². The van der Waals surface area contributed by atoms with Crippen molar-refractivity contribution in [1.29, 1.82) is 0 Å². The van der Waals surface area contributed by atoms with Crippen molar-refractivity contribution in [2.75, 3.05) is 13.1 Å². The Morgan fingerprint density at radius 3 is 2.52 bits per heavy atom. The average molecular weight is 310 g/mol. The summed E-state index contributed by atoms with van der Waals surface area (Å²) in [5, 5.41) is 4.78. The molecule has 0 saturated carbocycles. The number of carbonyl (C=O) groups is 2. The van der Waals surface area contributed by atoms with E-state index in [0.717, 1.165) is 17.7 Å². The van der Waals surface area contributed by atoms with E-state index in [4.69, 9.17) is 4.74 Å². The van der Waals surface area contributed by atoms with Gasteiger partial charge in [0.1, 0.15) is 5.60 Å². The zero-order valence-corrected chi connectivity index (χ0v) is 13.5. The number of hydrogen-bond donors (Lipinski definition) is 1. The Hall–Kier alpha value is -1.56. The van der Waals surface area contributed by atoms with E-state index in [1.165, 1.54) is 11.3 Å². The highest BCUT2D eigenvalue weighted by Gasteiger charge is 2.26. The molecule has 2 heterocycles. The number of alkyl carbamates (subject to hydrolysis) is 1. The van der Waals surface area contributed by atoms with Crippen LogP contribution in [0, 0.1) is 0 Å². The Kier molecular flexibility index (Phi) is 4.88. The Balaban J connectivity index is 1.78. The van der Waals surface area contributed by atoms with Gasteiger partial charge in [-0.2, -0.15) is 0 Å². The average Bonchev–Trinajstić information content (AvgIpc) is 2.90. The molecular weight excluding hydrogens is 288 g/mol. The molecule has 0 atom stereocenters. The van der Waals surface area contributed by atoms with Crippen LogP contribution in [0.25, 0.3) is 0 Å². The quantitative estimate of drug-likeness (QED) is 0.914. The second-order valence-corrected chi connectivity index (χ2v) is 7.14. The fraction of sp³-hybridized carbons (Fsp3) is 0.600. The van der Waals surface area contributed by atoms with Crippen molar-refractivity contribution in [2.45, 2.75) is 45.3 Å². The smallest absolute Gasteiger partial charge is 0.407 e. The van der Waals surface area contributed by atoms with Crippen molar-refractivity contribution in [2.24, 2.45) is 0 Å². The normalized spacial score (nSPS) is 16.6. The van der Waals surface area contributed by atoms with Crippen LogP contribution in [0.5, 0.6) is 0 Å². The third-order valence-corrected chi connectivity index (χ3v) is 4.09. The monoisotopic (exact) mass is 310 g/mol. The third kappa shape index (κ3) is 4.74. The van der Waals surface area contributed by atoms with Crippen molar-refractivity contribution in [3.05, 3.63) is 22.4 Å². The molecule has 5 nitrogen and oxygen atoms in total. The number of hydrogen-bond acceptors (Lipinski definition) is 4. The van der Waals surface area contributed by atoms with E-state index in [9.17, 15) is 9.59 Å². The van der Waals surface area contributed by atoms with Crippen LogP contribution < -0.4 is 5.32 Å². The zero-order chi connectivity index (χ0) is 15.5. The van der Waals surface area contributed by atoms with Gasteiger partial charge in [0, 0.05) is 19.1 Å². The first kappa shape index (κ1) is 15.8. The molecule has 6 heteroatoms. The summed E-state index contributed by atoms with van der Waals surface area (Å²) in [5.41, 5.74) is -0.486. The van der Waals surface area contributed by atoms with Crippen LogP contribution >= 0.6 is 11.3 Å². The number of amides is 2. The van der Waals surface area contributed by atoms with Crippen LogP contribution in [0.1, 0.15) is 43.3 Å². The molecular formula is C15H22N2O3S. The van der Waals surface area contributed by atoms with E-state index in [0.29, 0.717) is 13.1 Å². The van der Waals surface area contributed by atoms with Gasteiger partial charge in [-0.15, -0.1) is 11.3 Å². The first-order valence-corrected chi connectivity index (χ1v) is 8.05. The molecule has 1 aliphatic heterocycles. The molecule has 2 amide bonds. The Morgan fingerprint density at radius 1 is 1.33 bits per heavy atom. The number of ether oxygens (including phenoxy) is 1. The van der Waals surface area contributed by atoms with Gasteiger partial charge < -0.3 is 15.0 Å². The molecule has 1 aliphatic rings. The van der Waals surface area contributed by atoms with Crippen molar-refractivity contribution in [3.8, 4) is 0 Å². The summed E-state index contributed by atoms with van der Waals surface area (Å²) in [6.07, 6.45) is 1.14. The fourth-order valence-corrected chi connectivity index (χ4v) is 2.95. The molecule has 1 fully saturated rings. The van der Waals surface area contributed by atoms with Gasteiger partial charge in [-0.05, 0) is 45.1 Å². The second-order valence-electron chi connectivity index (χ2n) is 6.19. The molecule has 1 saturated heterocycles. The van der Waals surface area contributed by atoms with Crippen molar-refractivity contribution in [3.63, 3.8) is 0 Å². The molecule has 1 N–H and O–H groups in total. The number of rotatable bonds is 2. The predicted octanol–water partition coefficient (Wildman–Crippen LogP) is 2.88. The standard InChI is InChI=1S/C15H22N2O3S/c1-15(2,3)20-14(19)16-11-6-8-17(9-7-11)13(18)12-5-4-10-21-12/h4-5,10-11H,6-9H2,1-3H3,(H,16,19). The van der Waals surface area contributed by atoms with Gasteiger partial charge in [0.25, 0.3) is 5.91 Å². The lowest BCUT2D eigenvalue weighted by Crippen LogP contribution is -2.47. The summed E-state index contributed by atoms with van der Waals surface area (Å²) >= 11 is 1.46. The van der Waals surface area contributed by atoms with E-state index in [2.05, 4.69) is 5.32 Å². The van der Waals surface area contributed by atoms with Crippen molar-refractivity contribution < 1.29 is 14.3 Å². The van der Waals surface area contributed by atoms with Crippen molar-refractivity contribution in [1.82, 2.24) is 10.2 Å². The van der Waals surface area contributed by atoms with Gasteiger partial charge in [0.15, 0.2) is 0 Å². The highest BCUT2D eigenvalue weighted by Crippen LogP contribution is 2.17. The van der Waals surface area contributed by atoms with Gasteiger partial charge in [-0.3, -0.25) is 4.79 Å². The number of thiophene rings is 1. The minimum atomic E-state index is -0.486. The van der Waals surface area contributed by atoms with Gasteiger partial charge in [0.05, 0.1) is 4.88 Å². The summed E-state index contributed by atoms with van der Waals surface area (Å²) in [6.45, 7) is 6.85. The maximum absolute atomic E-state index is 12.2. The van der Waals surface area contributed by atoms with Crippen LogP contribution in [0.3, 0.4) is 0 Å². The molecule has 0 spiro atoms. The summed E-state index contributed by atoms with van der Waals surface area (Å²) in [5.74, 6) is 0.0840. The van der Waals surface area contributed by atoms with E-state index in [-0.39, 0.29) is 18.0 Å². The Labute approximate surface area is 129 Å². The summed E-state index contributed by atoms with van der Waals surface area (Å²) in [6, 6.07) is 3.81. The highest BCUT2D eigenvalue weighted by molar-refractivity contribution is 7.12. The lowest BCUT2D eigenvalue weighted by Gasteiger charge is -2.32. The maximum atomic E-state index is 12.2. The Bertz CT molecular complexity index is 486. The number of likely N-dealkylation sites (tertiary alicyclic amines) is 1. The summed E-state index contributed by atoms with van der Waals surface area (Å²) in [7, 11) is 0. The lowest BCUT2D eigenvalue weighted by atomic mass is 10.1. The van der Waals surface area contributed by atoms with Crippen LogP contribution in [0.2, 0.25) is 0 Å². The van der Waals surface area contributed by atoms with E-state index in [1.807, 2.05) is 43.2 Å². The van der Waals surface area contributed by atoms with E-state index < -0.39 is 5.60 Å². The topological polar surface area (TPSA) is 58.6 Å². The molecule has 1 aromatic rings. The molecule has 0 aliphatic carbocycles. The van der Waals surface area contributed by atoms with Crippen LogP contribution in [-0.2, 0) is 4.74 Å². The first-order chi connectivity index (χ1) is 9.85. The van der Waals surface area contributed by atoms with E-state index in [1.54, 1.807) is 0 Å².